The first-order valence-corrected chi connectivity index (χ1v) is 6.99. The summed E-state index contributed by atoms with van der Waals surface area (Å²) in [6.07, 6.45) is 8.75. The Morgan fingerprint density at radius 2 is 2.39 bits per heavy atom. The van der Waals surface area contributed by atoms with Gasteiger partial charge in [0.1, 0.15) is 0 Å². The van der Waals surface area contributed by atoms with Gasteiger partial charge < -0.3 is 10.5 Å². The van der Waals surface area contributed by atoms with Crippen LogP contribution in [-0.4, -0.2) is 23.7 Å². The average molecular weight is 246 g/mol. The molecular weight excluding hydrogens is 224 g/mol. The van der Waals surface area contributed by atoms with E-state index in [1.807, 2.05) is 19.4 Å². The summed E-state index contributed by atoms with van der Waals surface area (Å²) in [4.78, 5) is 4.54. The predicted molar refractivity (Wildman–Crippen MR) is 71.5 cm³/mol. The number of aromatic nitrogens is 1. The number of pyridine rings is 1. The van der Waals surface area contributed by atoms with Crippen LogP contribution in [0.4, 0.5) is 0 Å². The first kappa shape index (κ1) is 12.1. The molecule has 0 aliphatic heterocycles. The normalized spacial score (nSPS) is 26.4. The summed E-state index contributed by atoms with van der Waals surface area (Å²) in [5.74, 6) is 0.425. The lowest BCUT2D eigenvalue weighted by Crippen LogP contribution is -2.46. The monoisotopic (exact) mass is 246 g/mol. The number of nitrogens with two attached hydrogens (primary N) is 1. The van der Waals surface area contributed by atoms with Gasteiger partial charge in [-0.1, -0.05) is 6.07 Å². The van der Waals surface area contributed by atoms with Crippen LogP contribution in [0, 0.1) is 0 Å². The summed E-state index contributed by atoms with van der Waals surface area (Å²) in [6, 6.07) is 4.39. The van der Waals surface area contributed by atoms with Gasteiger partial charge in [0.2, 0.25) is 0 Å². The molecule has 3 nitrogen and oxygen atoms in total. The zero-order valence-electron chi connectivity index (χ0n) is 11.1. The summed E-state index contributed by atoms with van der Waals surface area (Å²) in [6.45, 7) is 0. The van der Waals surface area contributed by atoms with Gasteiger partial charge in [-0.15, -0.1) is 0 Å². The van der Waals surface area contributed by atoms with Crippen LogP contribution in [0.15, 0.2) is 18.3 Å². The van der Waals surface area contributed by atoms with Gasteiger partial charge in [0.15, 0.2) is 0 Å². The first-order chi connectivity index (χ1) is 8.74. The summed E-state index contributed by atoms with van der Waals surface area (Å²) in [5, 5.41) is 0. The van der Waals surface area contributed by atoms with E-state index in [2.05, 4.69) is 11.1 Å². The lowest BCUT2D eigenvalue weighted by Gasteiger charge is -2.43. The molecule has 0 saturated heterocycles. The maximum Gasteiger partial charge on any atom is 0.0693 e. The van der Waals surface area contributed by atoms with Gasteiger partial charge in [-0.25, -0.2) is 0 Å². The van der Waals surface area contributed by atoms with Gasteiger partial charge in [0.05, 0.1) is 5.60 Å². The predicted octanol–water partition coefficient (Wildman–Crippen LogP) is 2.40. The molecule has 2 unspecified atom stereocenters. The molecule has 2 aliphatic carbocycles. The zero-order chi connectivity index (χ0) is 12.6. The Labute approximate surface area is 109 Å². The van der Waals surface area contributed by atoms with Crippen LogP contribution in [0.3, 0.4) is 0 Å². The maximum atomic E-state index is 6.44. The second kappa shape index (κ2) is 4.63. The van der Waals surface area contributed by atoms with E-state index in [1.165, 1.54) is 30.5 Å². The van der Waals surface area contributed by atoms with Crippen molar-refractivity contribution < 1.29 is 4.74 Å². The number of ether oxygens (including phenoxy) is 1. The topological polar surface area (TPSA) is 48.1 Å². The molecule has 1 aromatic heterocycles. The Morgan fingerprint density at radius 3 is 3.06 bits per heavy atom. The number of hydrogen-bond donors (Lipinski definition) is 1. The molecule has 2 aliphatic rings. The van der Waals surface area contributed by atoms with Crippen molar-refractivity contribution in [2.75, 3.05) is 7.11 Å². The lowest BCUT2D eigenvalue weighted by atomic mass is 9.73. The highest BCUT2D eigenvalue weighted by Gasteiger charge is 2.41. The molecule has 2 N–H and O–H groups in total. The molecule has 0 amide bonds. The average Bonchev–Trinajstić information content (AvgIpc) is 2.77. The molecule has 1 fully saturated rings. The van der Waals surface area contributed by atoms with Gasteiger partial charge in [0, 0.05) is 31.0 Å². The van der Waals surface area contributed by atoms with Crippen LogP contribution in [0.2, 0.25) is 0 Å². The third-order valence-electron chi connectivity index (χ3n) is 4.82. The van der Waals surface area contributed by atoms with Crippen LogP contribution in [0.5, 0.6) is 0 Å². The molecule has 0 bridgehead atoms. The molecule has 98 valence electrons. The van der Waals surface area contributed by atoms with E-state index in [4.69, 9.17) is 10.5 Å². The fourth-order valence-corrected chi connectivity index (χ4v) is 3.50. The minimum Gasteiger partial charge on any atom is -0.378 e. The summed E-state index contributed by atoms with van der Waals surface area (Å²) >= 11 is 0. The molecule has 2 atom stereocenters. The standard InChI is InChI=1S/C15H22N2O/c1-18-15(7-3-8-15)10-13(16)12-6-5-11-4-2-9-17-14(11)12/h2,4,9,12-13H,3,5-8,10,16H2,1H3. The first-order valence-electron chi connectivity index (χ1n) is 6.99. The molecule has 0 radical (unpaired) electrons. The summed E-state index contributed by atoms with van der Waals surface area (Å²) in [7, 11) is 1.83. The Bertz CT molecular complexity index is 423. The second-order valence-electron chi connectivity index (χ2n) is 5.80. The second-order valence-corrected chi connectivity index (χ2v) is 5.80. The van der Waals surface area contributed by atoms with Crippen molar-refractivity contribution in [2.45, 2.75) is 56.1 Å². The Hall–Kier alpha value is -0.930. The fraction of sp³-hybridized carbons (Fsp3) is 0.667. The van der Waals surface area contributed by atoms with Gasteiger partial charge in [-0.2, -0.15) is 0 Å². The number of fused-ring (bicyclic) bond motifs is 1. The largest absolute Gasteiger partial charge is 0.378 e. The zero-order valence-corrected chi connectivity index (χ0v) is 11.1. The highest BCUT2D eigenvalue weighted by atomic mass is 16.5. The van der Waals surface area contributed by atoms with Gasteiger partial charge in [0.25, 0.3) is 0 Å². The van der Waals surface area contributed by atoms with Crippen molar-refractivity contribution in [1.29, 1.82) is 0 Å². The number of methoxy groups -OCH3 is 1. The highest BCUT2D eigenvalue weighted by Crippen LogP contribution is 2.42. The summed E-state index contributed by atoms with van der Waals surface area (Å²) in [5.41, 5.74) is 9.13. The molecular formula is C15H22N2O. The molecule has 1 saturated carbocycles. The molecule has 3 heteroatoms. The van der Waals surface area contributed by atoms with E-state index in [-0.39, 0.29) is 11.6 Å². The Morgan fingerprint density at radius 1 is 1.56 bits per heavy atom. The minimum atomic E-state index is 0.0664. The number of hydrogen-bond acceptors (Lipinski definition) is 3. The minimum absolute atomic E-state index is 0.0664. The van der Waals surface area contributed by atoms with Crippen molar-refractivity contribution in [1.82, 2.24) is 4.98 Å². The SMILES string of the molecule is COC1(CC(N)C2CCc3cccnc32)CCC1. The van der Waals surface area contributed by atoms with Crippen molar-refractivity contribution in [3.63, 3.8) is 0 Å². The van der Waals surface area contributed by atoms with Crippen LogP contribution < -0.4 is 5.73 Å². The Balaban J connectivity index is 1.72. The van der Waals surface area contributed by atoms with Crippen LogP contribution in [-0.2, 0) is 11.2 Å². The molecule has 18 heavy (non-hydrogen) atoms. The quantitative estimate of drug-likeness (QED) is 0.887. The third-order valence-corrected chi connectivity index (χ3v) is 4.82. The molecule has 0 aromatic carbocycles. The number of aryl methyl sites for hydroxylation is 1. The van der Waals surface area contributed by atoms with Gasteiger partial charge in [-0.05, 0) is 50.2 Å². The van der Waals surface area contributed by atoms with E-state index >= 15 is 0 Å². The fourth-order valence-electron chi connectivity index (χ4n) is 3.50. The van der Waals surface area contributed by atoms with Crippen LogP contribution in [0.1, 0.15) is 49.3 Å². The number of rotatable bonds is 4. The molecule has 1 aromatic rings. The van der Waals surface area contributed by atoms with Crippen molar-refractivity contribution in [3.8, 4) is 0 Å². The molecule has 0 spiro atoms. The van der Waals surface area contributed by atoms with E-state index in [0.29, 0.717) is 5.92 Å². The van der Waals surface area contributed by atoms with Crippen molar-refractivity contribution >= 4 is 0 Å². The van der Waals surface area contributed by atoms with Crippen LogP contribution >= 0.6 is 0 Å². The molecule has 3 rings (SSSR count). The van der Waals surface area contributed by atoms with Gasteiger partial charge in [-0.3, -0.25) is 4.98 Å². The number of nitrogens with zero attached hydrogens (tertiary/aromatic N) is 1. The smallest absolute Gasteiger partial charge is 0.0693 e. The van der Waals surface area contributed by atoms with Crippen LogP contribution in [0.25, 0.3) is 0 Å². The Kier molecular flexibility index (Phi) is 3.12. The maximum absolute atomic E-state index is 6.44. The van der Waals surface area contributed by atoms with E-state index in [0.717, 1.165) is 19.3 Å². The van der Waals surface area contributed by atoms with E-state index < -0.39 is 0 Å². The van der Waals surface area contributed by atoms with Gasteiger partial charge >= 0.3 is 0 Å². The lowest BCUT2D eigenvalue weighted by molar-refractivity contribution is -0.0827. The van der Waals surface area contributed by atoms with E-state index in [1.54, 1.807) is 0 Å². The molecule has 1 heterocycles. The third kappa shape index (κ3) is 1.95. The van der Waals surface area contributed by atoms with Crippen molar-refractivity contribution in [2.24, 2.45) is 5.73 Å². The highest BCUT2D eigenvalue weighted by molar-refractivity contribution is 5.30. The van der Waals surface area contributed by atoms with E-state index in [9.17, 15) is 0 Å². The summed E-state index contributed by atoms with van der Waals surface area (Å²) < 4.78 is 5.69. The van der Waals surface area contributed by atoms with Crippen molar-refractivity contribution in [3.05, 3.63) is 29.6 Å².